The summed E-state index contributed by atoms with van der Waals surface area (Å²) in [6, 6.07) is 10.1. The smallest absolute Gasteiger partial charge is 0.306 e. The zero-order valence-corrected chi connectivity index (χ0v) is 19.9. The third-order valence-corrected chi connectivity index (χ3v) is 5.05. The molecule has 10 nitrogen and oxygen atoms in total. The van der Waals surface area contributed by atoms with Crippen LogP contribution in [-0.4, -0.2) is 67.0 Å². The molecule has 0 fully saturated rings. The van der Waals surface area contributed by atoms with Gasteiger partial charge in [-0.1, -0.05) is 18.2 Å². The molecule has 0 unspecified atom stereocenters. The lowest BCUT2D eigenvalue weighted by Gasteiger charge is -2.11. The number of carbonyl (C=O) groups excluding carboxylic acids is 2. The van der Waals surface area contributed by atoms with Gasteiger partial charge in [-0.3, -0.25) is 20.2 Å². The molecule has 0 aromatic heterocycles. The first-order valence-electron chi connectivity index (χ1n) is 11.5. The average Bonchev–Trinajstić information content (AvgIpc) is 2.84. The summed E-state index contributed by atoms with van der Waals surface area (Å²) in [7, 11) is 0. The molecule has 0 aliphatic heterocycles. The minimum absolute atomic E-state index is 0.0240. The third-order valence-electron chi connectivity index (χ3n) is 5.05. The molecule has 0 bridgehead atoms. The van der Waals surface area contributed by atoms with Crippen molar-refractivity contribution in [2.75, 3.05) is 39.8 Å². The van der Waals surface area contributed by atoms with Gasteiger partial charge in [0.05, 0.1) is 6.73 Å². The van der Waals surface area contributed by atoms with Crippen LogP contribution in [0.2, 0.25) is 0 Å². The van der Waals surface area contributed by atoms with Crippen molar-refractivity contribution in [1.82, 2.24) is 10.6 Å². The van der Waals surface area contributed by atoms with Crippen LogP contribution in [0, 0.1) is 6.92 Å². The Morgan fingerprint density at radius 3 is 2.00 bits per heavy atom. The van der Waals surface area contributed by atoms with E-state index in [2.05, 4.69) is 10.6 Å². The molecular weight excluding hydrogens is 456 g/mol. The molecule has 10 heteroatoms. The number of carbonyl (C=O) groups is 2. The first kappa shape index (κ1) is 27.9. The van der Waals surface area contributed by atoms with Crippen molar-refractivity contribution in [3.63, 3.8) is 0 Å². The zero-order chi connectivity index (χ0) is 25.5. The van der Waals surface area contributed by atoms with Gasteiger partial charge in [0, 0.05) is 25.9 Å². The predicted molar refractivity (Wildman–Crippen MR) is 128 cm³/mol. The fraction of sp³-hybridized carbons (Fsp3) is 0.440. The Hall–Kier alpha value is -3.34. The van der Waals surface area contributed by atoms with Crippen molar-refractivity contribution in [2.45, 2.75) is 32.6 Å². The van der Waals surface area contributed by atoms with Crippen molar-refractivity contribution in [2.24, 2.45) is 0 Å². The SMILES string of the molecule is Cc1cc(CCC(=O)OCCNCOc2cc(CCC(=O)OCCNCO)ccc2O)ccc1O. The number of rotatable bonds is 16. The van der Waals surface area contributed by atoms with Crippen molar-refractivity contribution >= 4 is 11.9 Å². The van der Waals surface area contributed by atoms with Gasteiger partial charge in [-0.05, 0) is 54.7 Å². The number of nitrogens with one attached hydrogen (secondary N) is 2. The summed E-state index contributed by atoms with van der Waals surface area (Å²) in [5.74, 6) is -0.184. The number of benzene rings is 2. The summed E-state index contributed by atoms with van der Waals surface area (Å²) in [5.41, 5.74) is 2.53. The van der Waals surface area contributed by atoms with Crippen LogP contribution in [0.4, 0.5) is 0 Å². The summed E-state index contributed by atoms with van der Waals surface area (Å²) < 4.78 is 15.8. The highest BCUT2D eigenvalue weighted by Gasteiger charge is 2.08. The molecule has 0 heterocycles. The van der Waals surface area contributed by atoms with Crippen LogP contribution < -0.4 is 15.4 Å². The number of hydrogen-bond donors (Lipinski definition) is 5. The van der Waals surface area contributed by atoms with E-state index in [0.29, 0.717) is 25.9 Å². The van der Waals surface area contributed by atoms with Crippen LogP contribution in [0.15, 0.2) is 36.4 Å². The second-order valence-corrected chi connectivity index (χ2v) is 7.81. The number of aliphatic hydroxyl groups excluding tert-OH is 1. The second kappa shape index (κ2) is 15.5. The summed E-state index contributed by atoms with van der Waals surface area (Å²) in [4.78, 5) is 23.6. The maximum Gasteiger partial charge on any atom is 0.306 e. The van der Waals surface area contributed by atoms with E-state index in [4.69, 9.17) is 19.3 Å². The van der Waals surface area contributed by atoms with E-state index in [1.165, 1.54) is 6.07 Å². The number of aliphatic hydroxyl groups is 1. The number of aryl methyl sites for hydroxylation is 3. The Bertz CT molecular complexity index is 951. The lowest BCUT2D eigenvalue weighted by molar-refractivity contribution is -0.144. The van der Waals surface area contributed by atoms with Gasteiger partial charge in [-0.25, -0.2) is 0 Å². The molecule has 0 spiro atoms. The van der Waals surface area contributed by atoms with Gasteiger partial charge in [0.25, 0.3) is 0 Å². The Kier molecular flexibility index (Phi) is 12.4. The van der Waals surface area contributed by atoms with Crippen molar-refractivity contribution in [3.8, 4) is 17.2 Å². The molecule has 0 aliphatic carbocycles. The van der Waals surface area contributed by atoms with Crippen LogP contribution >= 0.6 is 0 Å². The van der Waals surface area contributed by atoms with E-state index in [9.17, 15) is 19.8 Å². The van der Waals surface area contributed by atoms with Crippen molar-refractivity contribution in [3.05, 3.63) is 53.1 Å². The van der Waals surface area contributed by atoms with Gasteiger partial charge in [0.15, 0.2) is 11.5 Å². The number of esters is 2. The highest BCUT2D eigenvalue weighted by atomic mass is 16.5. The first-order valence-corrected chi connectivity index (χ1v) is 11.5. The standard InChI is InChI=1S/C25H34N2O8/c1-18-14-19(2-6-21(18)29)4-8-24(31)34-13-11-27-17-35-23-15-20(3-7-22(23)30)5-9-25(32)33-12-10-26-16-28/h2-3,6-7,14-15,26-30H,4-5,8-13,16-17H2,1H3. The number of aromatic hydroxyl groups is 2. The van der Waals surface area contributed by atoms with Crippen molar-refractivity contribution < 1.29 is 39.1 Å². The van der Waals surface area contributed by atoms with Crippen LogP contribution in [0.1, 0.15) is 29.5 Å². The maximum absolute atomic E-state index is 11.9. The van der Waals surface area contributed by atoms with Crippen molar-refractivity contribution in [1.29, 1.82) is 0 Å². The largest absolute Gasteiger partial charge is 0.508 e. The maximum atomic E-state index is 11.9. The molecule has 0 saturated heterocycles. The predicted octanol–water partition coefficient (Wildman–Crippen LogP) is 1.52. The summed E-state index contributed by atoms with van der Waals surface area (Å²) in [5, 5.41) is 33.8. The lowest BCUT2D eigenvalue weighted by Crippen LogP contribution is -2.25. The van der Waals surface area contributed by atoms with Gasteiger partial charge in [-0.15, -0.1) is 0 Å². The number of ether oxygens (including phenoxy) is 3. The Morgan fingerprint density at radius 2 is 1.40 bits per heavy atom. The molecule has 192 valence electrons. The van der Waals surface area contributed by atoms with Crippen LogP contribution in [0.3, 0.4) is 0 Å². The number of hydrogen-bond acceptors (Lipinski definition) is 10. The number of phenolic OH excluding ortho intramolecular Hbond substituents is 2. The van der Waals surface area contributed by atoms with E-state index in [1.54, 1.807) is 31.2 Å². The molecular formula is C25H34N2O8. The van der Waals surface area contributed by atoms with E-state index in [0.717, 1.165) is 16.7 Å². The van der Waals surface area contributed by atoms with Crippen LogP contribution in [0.5, 0.6) is 17.2 Å². The molecule has 0 atom stereocenters. The molecule has 0 amide bonds. The summed E-state index contributed by atoms with van der Waals surface area (Å²) in [6.45, 7) is 2.85. The molecule has 0 aliphatic rings. The van der Waals surface area contributed by atoms with Crippen LogP contribution in [0.25, 0.3) is 0 Å². The Balaban J connectivity index is 1.60. The fourth-order valence-corrected chi connectivity index (χ4v) is 3.09. The normalized spacial score (nSPS) is 10.7. The average molecular weight is 491 g/mol. The number of phenols is 2. The summed E-state index contributed by atoms with van der Waals surface area (Å²) in [6.07, 6.45) is 1.38. The highest BCUT2D eigenvalue weighted by Crippen LogP contribution is 2.27. The van der Waals surface area contributed by atoms with E-state index in [-0.39, 0.29) is 68.7 Å². The van der Waals surface area contributed by atoms with Gasteiger partial charge >= 0.3 is 11.9 Å². The first-order chi connectivity index (χ1) is 16.9. The van der Waals surface area contributed by atoms with Gasteiger partial charge in [0.1, 0.15) is 25.7 Å². The molecule has 0 radical (unpaired) electrons. The van der Waals surface area contributed by atoms with Gasteiger partial charge in [-0.2, -0.15) is 0 Å². The monoisotopic (exact) mass is 490 g/mol. The Morgan fingerprint density at radius 1 is 0.829 bits per heavy atom. The molecule has 35 heavy (non-hydrogen) atoms. The van der Waals surface area contributed by atoms with E-state index < -0.39 is 0 Å². The minimum atomic E-state index is -0.352. The molecule has 5 N–H and O–H groups in total. The van der Waals surface area contributed by atoms with E-state index >= 15 is 0 Å². The topological polar surface area (TPSA) is 147 Å². The third kappa shape index (κ3) is 11.1. The lowest BCUT2D eigenvalue weighted by atomic mass is 10.1. The fourth-order valence-electron chi connectivity index (χ4n) is 3.09. The van der Waals surface area contributed by atoms with Gasteiger partial charge in [0.2, 0.25) is 0 Å². The summed E-state index contributed by atoms with van der Waals surface area (Å²) >= 11 is 0. The molecule has 0 saturated carbocycles. The highest BCUT2D eigenvalue weighted by molar-refractivity contribution is 5.70. The molecule has 2 aromatic carbocycles. The van der Waals surface area contributed by atoms with E-state index in [1.807, 2.05) is 6.07 Å². The molecule has 2 aromatic rings. The van der Waals surface area contributed by atoms with Gasteiger partial charge < -0.3 is 29.5 Å². The van der Waals surface area contributed by atoms with Crippen LogP contribution in [-0.2, 0) is 31.9 Å². The minimum Gasteiger partial charge on any atom is -0.508 e. The Labute approximate surface area is 204 Å². The zero-order valence-electron chi connectivity index (χ0n) is 19.9. The quantitative estimate of drug-likeness (QED) is 0.133. The molecule has 2 rings (SSSR count). The second-order valence-electron chi connectivity index (χ2n) is 7.81.